The first kappa shape index (κ1) is 11.9. The van der Waals surface area contributed by atoms with Crippen LogP contribution in [0.1, 0.15) is 31.4 Å². The summed E-state index contributed by atoms with van der Waals surface area (Å²) in [4.78, 5) is 17.5. The predicted molar refractivity (Wildman–Crippen MR) is 71.7 cm³/mol. The van der Waals surface area contributed by atoms with Gasteiger partial charge in [-0.1, -0.05) is 6.42 Å². The van der Waals surface area contributed by atoms with Crippen LogP contribution in [-0.2, 0) is 11.2 Å². The maximum absolute atomic E-state index is 12.1. The van der Waals surface area contributed by atoms with Gasteiger partial charge in [0.05, 0.1) is 12.1 Å². The number of thiazole rings is 1. The van der Waals surface area contributed by atoms with E-state index in [-0.39, 0.29) is 11.2 Å². The van der Waals surface area contributed by atoms with Crippen LogP contribution in [0.15, 0.2) is 17.8 Å². The Balaban J connectivity index is 1.65. The lowest BCUT2D eigenvalue weighted by atomic mass is 9.66. The van der Waals surface area contributed by atoms with Gasteiger partial charge in [-0.15, -0.1) is 11.3 Å². The zero-order valence-corrected chi connectivity index (χ0v) is 11.1. The van der Waals surface area contributed by atoms with Gasteiger partial charge in [-0.2, -0.15) is 0 Å². The van der Waals surface area contributed by atoms with Crippen molar-refractivity contribution in [3.05, 3.63) is 23.5 Å². The lowest BCUT2D eigenvalue weighted by Gasteiger charge is -2.40. The van der Waals surface area contributed by atoms with Gasteiger partial charge in [-0.05, 0) is 24.8 Å². The van der Waals surface area contributed by atoms with E-state index in [0.717, 1.165) is 23.5 Å². The standard InChI is InChI=1S/C13H17N3OS/c14-9-13(2-1-3-13)7-11(17)6-10-8-16-4-5-18-12(16)15-10/h4-5,8H,1-3,6-7,9,14H2. The minimum atomic E-state index is 0.105. The molecule has 0 saturated heterocycles. The second-order valence-electron chi connectivity index (χ2n) is 5.27. The number of nitrogens with two attached hydrogens (primary N) is 1. The van der Waals surface area contributed by atoms with Crippen molar-refractivity contribution in [3.63, 3.8) is 0 Å². The van der Waals surface area contributed by atoms with Crippen LogP contribution < -0.4 is 5.73 Å². The van der Waals surface area contributed by atoms with E-state index in [2.05, 4.69) is 4.98 Å². The summed E-state index contributed by atoms with van der Waals surface area (Å²) < 4.78 is 1.97. The van der Waals surface area contributed by atoms with Crippen LogP contribution in [0.2, 0.25) is 0 Å². The van der Waals surface area contributed by atoms with Crippen molar-refractivity contribution in [2.45, 2.75) is 32.1 Å². The predicted octanol–water partition coefficient (Wildman–Crippen LogP) is 2.03. The Bertz CT molecular complexity index is 534. The van der Waals surface area contributed by atoms with Gasteiger partial charge < -0.3 is 5.73 Å². The number of ketones is 1. The molecule has 0 radical (unpaired) electrons. The molecule has 2 heterocycles. The van der Waals surface area contributed by atoms with E-state index < -0.39 is 0 Å². The SMILES string of the molecule is NCC1(CC(=O)Cc2cn3ccsc3n2)CCC1. The summed E-state index contributed by atoms with van der Waals surface area (Å²) in [7, 11) is 0. The quantitative estimate of drug-likeness (QED) is 0.898. The molecule has 3 rings (SSSR count). The maximum Gasteiger partial charge on any atom is 0.193 e. The van der Waals surface area contributed by atoms with E-state index in [1.54, 1.807) is 11.3 Å². The second kappa shape index (κ2) is 4.48. The molecule has 4 nitrogen and oxygen atoms in total. The Morgan fingerprint density at radius 3 is 3.00 bits per heavy atom. The van der Waals surface area contributed by atoms with Crippen LogP contribution in [0.4, 0.5) is 0 Å². The first-order valence-electron chi connectivity index (χ1n) is 6.34. The lowest BCUT2D eigenvalue weighted by Crippen LogP contribution is -2.39. The Kier molecular flexibility index (Phi) is 2.95. The molecule has 1 aliphatic rings. The molecule has 2 aromatic heterocycles. The molecular formula is C13H17N3OS. The van der Waals surface area contributed by atoms with Crippen molar-refractivity contribution in [1.29, 1.82) is 0 Å². The van der Waals surface area contributed by atoms with Crippen LogP contribution in [0.5, 0.6) is 0 Å². The molecule has 2 N–H and O–H groups in total. The van der Waals surface area contributed by atoms with Crippen molar-refractivity contribution in [2.24, 2.45) is 11.1 Å². The van der Waals surface area contributed by atoms with Crippen molar-refractivity contribution >= 4 is 22.1 Å². The van der Waals surface area contributed by atoms with E-state index in [1.165, 1.54) is 6.42 Å². The topological polar surface area (TPSA) is 60.4 Å². The summed E-state index contributed by atoms with van der Waals surface area (Å²) >= 11 is 1.59. The average molecular weight is 263 g/mol. The number of hydrogen-bond donors (Lipinski definition) is 1. The van der Waals surface area contributed by atoms with Gasteiger partial charge in [0.25, 0.3) is 0 Å². The number of hydrogen-bond acceptors (Lipinski definition) is 4. The molecular weight excluding hydrogens is 246 g/mol. The fraction of sp³-hybridized carbons (Fsp3) is 0.538. The number of aromatic nitrogens is 2. The van der Waals surface area contributed by atoms with Crippen molar-refractivity contribution in [1.82, 2.24) is 9.38 Å². The fourth-order valence-corrected chi connectivity index (χ4v) is 3.39. The number of rotatable bonds is 5. The number of fused-ring (bicyclic) bond motifs is 1. The van der Waals surface area contributed by atoms with Gasteiger partial charge in [0, 0.05) is 24.2 Å². The van der Waals surface area contributed by atoms with Gasteiger partial charge >= 0.3 is 0 Å². The fourth-order valence-electron chi connectivity index (χ4n) is 2.67. The molecule has 0 amide bonds. The molecule has 0 aromatic carbocycles. The molecule has 1 aliphatic carbocycles. The molecule has 2 aromatic rings. The molecule has 0 atom stereocenters. The number of imidazole rings is 1. The van der Waals surface area contributed by atoms with Crippen molar-refractivity contribution in [3.8, 4) is 0 Å². The zero-order valence-electron chi connectivity index (χ0n) is 10.3. The van der Waals surface area contributed by atoms with Crippen LogP contribution in [0.3, 0.4) is 0 Å². The maximum atomic E-state index is 12.1. The molecule has 96 valence electrons. The van der Waals surface area contributed by atoms with E-state index in [9.17, 15) is 4.79 Å². The zero-order chi connectivity index (χ0) is 12.6. The van der Waals surface area contributed by atoms with Gasteiger partial charge in [0.1, 0.15) is 5.78 Å². The van der Waals surface area contributed by atoms with Crippen LogP contribution in [0, 0.1) is 5.41 Å². The van der Waals surface area contributed by atoms with Gasteiger partial charge in [-0.3, -0.25) is 9.20 Å². The molecule has 0 unspecified atom stereocenters. The largest absolute Gasteiger partial charge is 0.330 e. The summed E-state index contributed by atoms with van der Waals surface area (Å²) in [6.07, 6.45) is 8.39. The Morgan fingerprint density at radius 2 is 2.39 bits per heavy atom. The van der Waals surface area contributed by atoms with E-state index in [4.69, 9.17) is 5.73 Å². The Labute approximate surface area is 110 Å². The number of carbonyl (C=O) groups is 1. The summed E-state index contributed by atoms with van der Waals surface area (Å²) in [5.41, 5.74) is 6.76. The third kappa shape index (κ3) is 2.08. The van der Waals surface area contributed by atoms with Crippen molar-refractivity contribution in [2.75, 3.05) is 6.54 Å². The Hall–Kier alpha value is -1.20. The first-order valence-corrected chi connectivity index (χ1v) is 7.22. The van der Waals surface area contributed by atoms with Crippen molar-refractivity contribution < 1.29 is 4.79 Å². The highest BCUT2D eigenvalue weighted by atomic mass is 32.1. The summed E-state index contributed by atoms with van der Waals surface area (Å²) in [5.74, 6) is 0.269. The van der Waals surface area contributed by atoms with Gasteiger partial charge in [0.15, 0.2) is 4.96 Å². The van der Waals surface area contributed by atoms with E-state index >= 15 is 0 Å². The van der Waals surface area contributed by atoms with Gasteiger partial charge in [-0.25, -0.2) is 4.98 Å². The van der Waals surface area contributed by atoms with Crippen LogP contribution in [-0.4, -0.2) is 21.7 Å². The van der Waals surface area contributed by atoms with E-state index in [0.29, 0.717) is 19.4 Å². The third-order valence-electron chi connectivity index (χ3n) is 3.94. The molecule has 0 spiro atoms. The highest BCUT2D eigenvalue weighted by molar-refractivity contribution is 7.15. The molecule has 1 fully saturated rings. The lowest BCUT2D eigenvalue weighted by molar-refractivity contribution is -0.122. The third-order valence-corrected chi connectivity index (χ3v) is 4.71. The van der Waals surface area contributed by atoms with Crippen LogP contribution >= 0.6 is 11.3 Å². The van der Waals surface area contributed by atoms with Crippen LogP contribution in [0.25, 0.3) is 4.96 Å². The minimum absolute atomic E-state index is 0.105. The summed E-state index contributed by atoms with van der Waals surface area (Å²) in [6.45, 7) is 0.636. The average Bonchev–Trinajstić information content (AvgIpc) is 2.83. The van der Waals surface area contributed by atoms with E-state index in [1.807, 2.05) is 22.2 Å². The number of Topliss-reactive ketones (excluding diaryl/α,β-unsaturated/α-hetero) is 1. The first-order chi connectivity index (χ1) is 8.71. The smallest absolute Gasteiger partial charge is 0.193 e. The molecule has 0 aliphatic heterocycles. The minimum Gasteiger partial charge on any atom is -0.330 e. The van der Waals surface area contributed by atoms with Gasteiger partial charge in [0.2, 0.25) is 0 Å². The Morgan fingerprint density at radius 1 is 1.56 bits per heavy atom. The number of carbonyl (C=O) groups excluding carboxylic acids is 1. The highest BCUT2D eigenvalue weighted by Crippen LogP contribution is 2.43. The molecule has 18 heavy (non-hydrogen) atoms. The highest BCUT2D eigenvalue weighted by Gasteiger charge is 2.37. The normalized spacial score (nSPS) is 17.8. The monoisotopic (exact) mass is 263 g/mol. The summed E-state index contributed by atoms with van der Waals surface area (Å²) in [5, 5.41) is 1.99. The second-order valence-corrected chi connectivity index (χ2v) is 6.15. The molecule has 1 saturated carbocycles. The summed E-state index contributed by atoms with van der Waals surface area (Å²) in [6, 6.07) is 0. The number of nitrogens with zero attached hydrogens (tertiary/aromatic N) is 2. The molecule has 5 heteroatoms. The molecule has 0 bridgehead atoms.